The van der Waals surface area contributed by atoms with Crippen molar-refractivity contribution in [1.29, 1.82) is 0 Å². The number of aliphatic imine (C=N–C) groups is 1. The standard InChI is InChI=1S/C24H16BrClN2O4S/c25-17-5-10-20(32-13-14-1-3-15(4-2-14)23(30)31)16(11-17)12-21-22(29)28-24(33-21)27-19-8-6-18(26)7-9-19/h1-12H,13H2,(H,30,31)(H,27,28,29)/b21-12-. The van der Waals surface area contributed by atoms with Crippen LogP contribution in [0.15, 0.2) is 81.1 Å². The summed E-state index contributed by atoms with van der Waals surface area (Å²) < 4.78 is 6.80. The summed E-state index contributed by atoms with van der Waals surface area (Å²) in [6.45, 7) is 0.250. The molecule has 6 nitrogen and oxygen atoms in total. The van der Waals surface area contributed by atoms with Gasteiger partial charge in [0.25, 0.3) is 5.91 Å². The Kier molecular flexibility index (Phi) is 7.17. The highest BCUT2D eigenvalue weighted by Gasteiger charge is 2.24. The highest BCUT2D eigenvalue weighted by Crippen LogP contribution is 2.32. The largest absolute Gasteiger partial charge is 0.488 e. The number of carbonyl (C=O) groups is 2. The molecule has 0 saturated carbocycles. The first-order valence-corrected chi connectivity index (χ1v) is 11.7. The molecule has 1 aliphatic rings. The maximum atomic E-state index is 12.5. The van der Waals surface area contributed by atoms with Crippen molar-refractivity contribution in [3.05, 3.63) is 97.8 Å². The summed E-state index contributed by atoms with van der Waals surface area (Å²) in [4.78, 5) is 28.4. The van der Waals surface area contributed by atoms with Crippen molar-refractivity contribution in [2.75, 3.05) is 0 Å². The van der Waals surface area contributed by atoms with Crippen LogP contribution in [0.2, 0.25) is 5.02 Å². The van der Waals surface area contributed by atoms with Crippen LogP contribution in [0, 0.1) is 0 Å². The van der Waals surface area contributed by atoms with E-state index in [0.29, 0.717) is 26.5 Å². The Morgan fingerprint density at radius 1 is 1.12 bits per heavy atom. The third-order valence-electron chi connectivity index (χ3n) is 4.56. The molecule has 0 aliphatic carbocycles. The molecule has 33 heavy (non-hydrogen) atoms. The molecular formula is C24H16BrClN2O4S. The normalized spacial score (nSPS) is 15.6. The number of benzene rings is 3. The van der Waals surface area contributed by atoms with E-state index in [0.717, 1.165) is 15.6 Å². The molecule has 4 rings (SSSR count). The lowest BCUT2D eigenvalue weighted by molar-refractivity contribution is -0.115. The number of aromatic carboxylic acids is 1. The van der Waals surface area contributed by atoms with Crippen LogP contribution in [0.3, 0.4) is 0 Å². The van der Waals surface area contributed by atoms with Crippen LogP contribution in [0.25, 0.3) is 6.08 Å². The number of thioether (sulfide) groups is 1. The Morgan fingerprint density at radius 3 is 2.55 bits per heavy atom. The summed E-state index contributed by atoms with van der Waals surface area (Å²) in [5.74, 6) is -0.636. The smallest absolute Gasteiger partial charge is 0.335 e. The van der Waals surface area contributed by atoms with E-state index in [-0.39, 0.29) is 18.1 Å². The first-order valence-electron chi connectivity index (χ1n) is 9.67. The first-order chi connectivity index (χ1) is 15.9. The van der Waals surface area contributed by atoms with Crippen molar-refractivity contribution in [2.45, 2.75) is 6.61 Å². The SMILES string of the molecule is O=C1NC(=Nc2ccc(Cl)cc2)S/C1=C\c1cc(Br)ccc1OCc1ccc(C(=O)O)cc1. The third-order valence-corrected chi connectivity index (χ3v) is 6.22. The van der Waals surface area contributed by atoms with Crippen LogP contribution in [-0.4, -0.2) is 22.2 Å². The third kappa shape index (κ3) is 6.04. The molecule has 9 heteroatoms. The Bertz CT molecular complexity index is 1270. The van der Waals surface area contributed by atoms with Gasteiger partial charge in [0.15, 0.2) is 5.17 Å². The molecular weight excluding hydrogens is 528 g/mol. The zero-order chi connectivity index (χ0) is 23.4. The number of hydrogen-bond acceptors (Lipinski definition) is 5. The van der Waals surface area contributed by atoms with Crippen molar-refractivity contribution in [3.8, 4) is 5.75 Å². The van der Waals surface area contributed by atoms with Gasteiger partial charge in [-0.05, 0) is 78.0 Å². The van der Waals surface area contributed by atoms with E-state index in [1.54, 1.807) is 42.5 Å². The molecule has 0 atom stereocenters. The Labute approximate surface area is 207 Å². The highest BCUT2D eigenvalue weighted by molar-refractivity contribution is 9.10. The maximum Gasteiger partial charge on any atom is 0.335 e. The van der Waals surface area contributed by atoms with Crippen molar-refractivity contribution in [3.63, 3.8) is 0 Å². The molecule has 1 amide bonds. The van der Waals surface area contributed by atoms with Crippen molar-refractivity contribution in [1.82, 2.24) is 5.32 Å². The lowest BCUT2D eigenvalue weighted by Gasteiger charge is -2.10. The number of ether oxygens (including phenoxy) is 1. The lowest BCUT2D eigenvalue weighted by Crippen LogP contribution is -2.19. The van der Waals surface area contributed by atoms with Crippen LogP contribution in [0.1, 0.15) is 21.5 Å². The first kappa shape index (κ1) is 23.1. The Balaban J connectivity index is 1.52. The van der Waals surface area contributed by atoms with E-state index in [4.69, 9.17) is 21.4 Å². The van der Waals surface area contributed by atoms with Gasteiger partial charge < -0.3 is 15.2 Å². The molecule has 0 unspecified atom stereocenters. The van der Waals surface area contributed by atoms with Crippen LogP contribution in [0.5, 0.6) is 5.75 Å². The van der Waals surface area contributed by atoms with E-state index in [1.165, 1.54) is 23.9 Å². The fraction of sp³-hybridized carbons (Fsp3) is 0.0417. The summed E-state index contributed by atoms with van der Waals surface area (Å²) in [6, 6.07) is 19.0. The highest BCUT2D eigenvalue weighted by atomic mass is 79.9. The second-order valence-electron chi connectivity index (χ2n) is 6.93. The van der Waals surface area contributed by atoms with Crippen LogP contribution >= 0.6 is 39.3 Å². The number of carboxylic acids is 1. The molecule has 1 aliphatic heterocycles. The maximum absolute atomic E-state index is 12.5. The predicted molar refractivity (Wildman–Crippen MR) is 134 cm³/mol. The monoisotopic (exact) mass is 542 g/mol. The molecule has 0 radical (unpaired) electrons. The zero-order valence-corrected chi connectivity index (χ0v) is 20.1. The molecule has 1 fully saturated rings. The van der Waals surface area contributed by atoms with Gasteiger partial charge in [-0.1, -0.05) is 39.7 Å². The van der Waals surface area contributed by atoms with Gasteiger partial charge in [-0.25, -0.2) is 9.79 Å². The van der Waals surface area contributed by atoms with Gasteiger partial charge in [-0.2, -0.15) is 0 Å². The van der Waals surface area contributed by atoms with Crippen LogP contribution in [-0.2, 0) is 11.4 Å². The van der Waals surface area contributed by atoms with Crippen molar-refractivity contribution < 1.29 is 19.4 Å². The minimum atomic E-state index is -0.976. The number of carboxylic acid groups (broad SMARTS) is 1. The van der Waals surface area contributed by atoms with E-state index in [1.807, 2.05) is 18.2 Å². The van der Waals surface area contributed by atoms with Gasteiger partial charge in [0.2, 0.25) is 0 Å². The average molecular weight is 544 g/mol. The molecule has 0 spiro atoms. The van der Waals surface area contributed by atoms with Crippen molar-refractivity contribution in [2.24, 2.45) is 4.99 Å². The molecule has 0 aromatic heterocycles. The fourth-order valence-electron chi connectivity index (χ4n) is 2.92. The molecule has 0 bridgehead atoms. The number of amidine groups is 1. The number of halogens is 2. The average Bonchev–Trinajstić information content (AvgIpc) is 3.13. The number of amides is 1. The molecule has 166 valence electrons. The molecule has 1 saturated heterocycles. The second kappa shape index (κ2) is 10.2. The predicted octanol–water partition coefficient (Wildman–Crippen LogP) is 6.27. The van der Waals surface area contributed by atoms with Crippen LogP contribution in [0.4, 0.5) is 5.69 Å². The van der Waals surface area contributed by atoms with E-state index >= 15 is 0 Å². The second-order valence-corrected chi connectivity index (χ2v) is 9.31. The number of rotatable bonds is 6. The van der Waals surface area contributed by atoms with E-state index in [9.17, 15) is 9.59 Å². The summed E-state index contributed by atoms with van der Waals surface area (Å²) in [5.41, 5.74) is 2.45. The molecule has 3 aromatic rings. The lowest BCUT2D eigenvalue weighted by atomic mass is 10.1. The Hall–Kier alpha value is -3.07. The van der Waals surface area contributed by atoms with Gasteiger partial charge >= 0.3 is 5.97 Å². The zero-order valence-electron chi connectivity index (χ0n) is 16.9. The molecule has 1 heterocycles. The number of hydrogen-bond donors (Lipinski definition) is 2. The summed E-state index contributed by atoms with van der Waals surface area (Å²) in [6.07, 6.45) is 1.75. The van der Waals surface area contributed by atoms with Gasteiger partial charge in [0.1, 0.15) is 12.4 Å². The Morgan fingerprint density at radius 2 is 1.85 bits per heavy atom. The fourth-order valence-corrected chi connectivity index (χ4v) is 4.26. The molecule has 2 N–H and O–H groups in total. The van der Waals surface area contributed by atoms with Gasteiger partial charge in [-0.15, -0.1) is 0 Å². The van der Waals surface area contributed by atoms with Gasteiger partial charge in [0, 0.05) is 15.1 Å². The minimum absolute atomic E-state index is 0.216. The van der Waals surface area contributed by atoms with Gasteiger partial charge in [0.05, 0.1) is 16.2 Å². The topological polar surface area (TPSA) is 88.0 Å². The summed E-state index contributed by atoms with van der Waals surface area (Å²) >= 11 is 10.6. The number of carbonyl (C=O) groups excluding carboxylic acids is 1. The quantitative estimate of drug-likeness (QED) is 0.358. The molecule has 3 aromatic carbocycles. The summed E-state index contributed by atoms with van der Waals surface area (Å²) in [7, 11) is 0. The van der Waals surface area contributed by atoms with Crippen LogP contribution < -0.4 is 10.1 Å². The van der Waals surface area contributed by atoms with Gasteiger partial charge in [-0.3, -0.25) is 4.79 Å². The minimum Gasteiger partial charge on any atom is -0.488 e. The van der Waals surface area contributed by atoms with Crippen molar-refractivity contribution >= 4 is 68.1 Å². The number of nitrogens with zero attached hydrogens (tertiary/aromatic N) is 1. The van der Waals surface area contributed by atoms with E-state index < -0.39 is 5.97 Å². The summed E-state index contributed by atoms with van der Waals surface area (Å²) in [5, 5.41) is 12.9. The number of nitrogens with one attached hydrogen (secondary N) is 1. The van der Waals surface area contributed by atoms with E-state index in [2.05, 4.69) is 26.2 Å².